The summed E-state index contributed by atoms with van der Waals surface area (Å²) in [5.74, 6) is -1.35. The van der Waals surface area contributed by atoms with Crippen LogP contribution in [0.25, 0.3) is 11.1 Å². The lowest BCUT2D eigenvalue weighted by molar-refractivity contribution is 0.0954. The van der Waals surface area contributed by atoms with Crippen LogP contribution in [0.2, 0.25) is 0 Å². The number of nitrogens with zero attached hydrogens (tertiary/aromatic N) is 3. The molecule has 0 atom stereocenters. The highest BCUT2D eigenvalue weighted by molar-refractivity contribution is 6.03. The van der Waals surface area contributed by atoms with Crippen molar-refractivity contribution in [3.05, 3.63) is 57.8 Å². The fraction of sp³-hybridized carbons (Fsp3) is 0.222. The normalized spacial score (nSPS) is 13.4. The molecule has 0 saturated heterocycles. The third kappa shape index (κ3) is 2.64. The van der Waals surface area contributed by atoms with Crippen molar-refractivity contribution < 1.29 is 18.7 Å². The molecular formula is C18H16N4O5. The molecule has 4 rings (SSSR count). The highest BCUT2D eigenvalue weighted by atomic mass is 16.5. The number of amides is 1. The molecule has 3 aromatic rings. The number of carbonyl (C=O) groups is 2. The summed E-state index contributed by atoms with van der Waals surface area (Å²) >= 11 is 0. The SMILES string of the molecule is COC(=O)N1CCc2c(cncc2C(=O)n2c(=O)oc3c(N)cccc32)C1. The van der Waals surface area contributed by atoms with Gasteiger partial charge in [-0.1, -0.05) is 6.07 Å². The van der Waals surface area contributed by atoms with Gasteiger partial charge in [0.25, 0.3) is 5.91 Å². The molecule has 0 aliphatic carbocycles. The van der Waals surface area contributed by atoms with Crippen LogP contribution in [0.4, 0.5) is 10.5 Å². The van der Waals surface area contributed by atoms with E-state index < -0.39 is 17.8 Å². The van der Waals surface area contributed by atoms with Gasteiger partial charge in [0.05, 0.1) is 24.9 Å². The number of nitrogen functional groups attached to an aromatic ring is 1. The summed E-state index contributed by atoms with van der Waals surface area (Å²) in [4.78, 5) is 42.8. The molecule has 0 radical (unpaired) electrons. The van der Waals surface area contributed by atoms with Crippen LogP contribution < -0.4 is 11.5 Å². The number of nitrogens with two attached hydrogens (primary N) is 1. The summed E-state index contributed by atoms with van der Waals surface area (Å²) < 4.78 is 10.9. The summed E-state index contributed by atoms with van der Waals surface area (Å²) in [6.07, 6.45) is 3.03. The Kier molecular flexibility index (Phi) is 3.91. The monoisotopic (exact) mass is 368 g/mol. The van der Waals surface area contributed by atoms with Crippen molar-refractivity contribution in [3.63, 3.8) is 0 Å². The van der Waals surface area contributed by atoms with E-state index in [4.69, 9.17) is 14.9 Å². The first kappa shape index (κ1) is 16.8. The molecule has 0 saturated carbocycles. The van der Waals surface area contributed by atoms with Gasteiger partial charge in [-0.15, -0.1) is 0 Å². The van der Waals surface area contributed by atoms with Crippen molar-refractivity contribution in [2.45, 2.75) is 13.0 Å². The van der Waals surface area contributed by atoms with Gasteiger partial charge in [-0.25, -0.2) is 14.2 Å². The van der Waals surface area contributed by atoms with Crippen LogP contribution in [0.3, 0.4) is 0 Å². The Hall–Kier alpha value is -3.62. The minimum Gasteiger partial charge on any atom is -0.453 e. The van der Waals surface area contributed by atoms with E-state index in [2.05, 4.69) is 4.98 Å². The van der Waals surface area contributed by atoms with Gasteiger partial charge in [0.1, 0.15) is 5.52 Å². The molecule has 1 aliphatic rings. The van der Waals surface area contributed by atoms with Crippen LogP contribution in [-0.4, -0.2) is 40.1 Å². The lowest BCUT2D eigenvalue weighted by Gasteiger charge is -2.28. The van der Waals surface area contributed by atoms with Gasteiger partial charge in [-0.3, -0.25) is 9.78 Å². The van der Waals surface area contributed by atoms with Crippen LogP contribution in [0.1, 0.15) is 21.5 Å². The number of hydrogen-bond acceptors (Lipinski definition) is 7. The Balaban J connectivity index is 1.79. The smallest absolute Gasteiger partial charge is 0.427 e. The van der Waals surface area contributed by atoms with Gasteiger partial charge < -0.3 is 19.8 Å². The van der Waals surface area contributed by atoms with Crippen LogP contribution in [0.5, 0.6) is 0 Å². The van der Waals surface area contributed by atoms with Crippen molar-refractivity contribution >= 4 is 28.8 Å². The van der Waals surface area contributed by atoms with Crippen LogP contribution >= 0.6 is 0 Å². The first-order chi connectivity index (χ1) is 13.0. The minimum absolute atomic E-state index is 0.172. The second-order valence-corrected chi connectivity index (χ2v) is 6.17. The van der Waals surface area contributed by atoms with Gasteiger partial charge in [0, 0.05) is 18.9 Å². The maximum absolute atomic E-state index is 13.1. The van der Waals surface area contributed by atoms with Crippen LogP contribution in [-0.2, 0) is 17.7 Å². The zero-order chi connectivity index (χ0) is 19.1. The fourth-order valence-electron chi connectivity index (χ4n) is 3.34. The first-order valence-corrected chi connectivity index (χ1v) is 8.24. The van der Waals surface area contributed by atoms with E-state index in [0.717, 1.165) is 15.7 Å². The average Bonchev–Trinajstić information content (AvgIpc) is 3.03. The molecule has 0 unspecified atom stereocenters. The number of aromatic nitrogens is 2. The fourth-order valence-corrected chi connectivity index (χ4v) is 3.34. The lowest BCUT2D eigenvalue weighted by atomic mass is 9.97. The van der Waals surface area contributed by atoms with Crippen LogP contribution in [0.15, 0.2) is 39.8 Å². The number of benzene rings is 1. The number of fused-ring (bicyclic) bond motifs is 2. The number of carbonyl (C=O) groups excluding carboxylic acids is 2. The second-order valence-electron chi connectivity index (χ2n) is 6.17. The summed E-state index contributed by atoms with van der Waals surface area (Å²) in [6, 6.07) is 4.83. The molecule has 9 heteroatoms. The predicted octanol–water partition coefficient (Wildman–Crippen LogP) is 1.38. The van der Waals surface area contributed by atoms with E-state index in [1.165, 1.54) is 18.2 Å². The van der Waals surface area contributed by atoms with Crippen molar-refractivity contribution in [2.24, 2.45) is 0 Å². The van der Waals surface area contributed by atoms with Crippen molar-refractivity contribution in [1.82, 2.24) is 14.5 Å². The van der Waals surface area contributed by atoms with Gasteiger partial charge in [-0.05, 0) is 29.7 Å². The third-order valence-electron chi connectivity index (χ3n) is 4.64. The Morgan fingerprint density at radius 1 is 1.30 bits per heavy atom. The molecule has 2 aromatic heterocycles. The lowest BCUT2D eigenvalue weighted by Crippen LogP contribution is -2.37. The molecule has 1 aliphatic heterocycles. The van der Waals surface area contributed by atoms with E-state index in [9.17, 15) is 14.4 Å². The Morgan fingerprint density at radius 3 is 2.89 bits per heavy atom. The highest BCUT2D eigenvalue weighted by Gasteiger charge is 2.27. The zero-order valence-electron chi connectivity index (χ0n) is 14.5. The van der Waals surface area contributed by atoms with E-state index in [0.29, 0.717) is 24.0 Å². The van der Waals surface area contributed by atoms with Crippen LogP contribution in [0, 0.1) is 0 Å². The van der Waals surface area contributed by atoms with Gasteiger partial charge in [-0.2, -0.15) is 0 Å². The van der Waals surface area contributed by atoms with Gasteiger partial charge in [0.15, 0.2) is 5.58 Å². The largest absolute Gasteiger partial charge is 0.453 e. The van der Waals surface area contributed by atoms with E-state index in [1.54, 1.807) is 24.4 Å². The molecule has 2 N–H and O–H groups in total. The third-order valence-corrected chi connectivity index (χ3v) is 4.64. The number of para-hydroxylation sites is 1. The van der Waals surface area contributed by atoms with Crippen molar-refractivity contribution in [2.75, 3.05) is 19.4 Å². The maximum Gasteiger partial charge on any atom is 0.427 e. The topological polar surface area (TPSA) is 121 Å². The Bertz CT molecular complexity index is 1130. The Morgan fingerprint density at radius 2 is 2.11 bits per heavy atom. The van der Waals surface area contributed by atoms with Gasteiger partial charge in [0.2, 0.25) is 0 Å². The number of anilines is 1. The van der Waals surface area contributed by atoms with E-state index in [-0.39, 0.29) is 17.8 Å². The molecular weight excluding hydrogens is 352 g/mol. The number of ether oxygens (including phenoxy) is 1. The number of methoxy groups -OCH3 is 1. The number of pyridine rings is 1. The Labute approximate surface area is 152 Å². The molecule has 27 heavy (non-hydrogen) atoms. The highest BCUT2D eigenvalue weighted by Crippen LogP contribution is 2.25. The number of oxazole rings is 1. The van der Waals surface area contributed by atoms with E-state index in [1.807, 2.05) is 0 Å². The molecule has 138 valence electrons. The standard InChI is InChI=1S/C18H16N4O5/c1-26-17(24)21-6-5-11-10(9-21)7-20-8-12(11)16(23)22-14-4-2-3-13(19)15(14)27-18(22)25/h2-4,7-8H,5-6,9,19H2,1H3. The van der Waals surface area contributed by atoms with Gasteiger partial charge >= 0.3 is 11.8 Å². The summed E-state index contributed by atoms with van der Waals surface area (Å²) in [5.41, 5.74) is 8.35. The average molecular weight is 368 g/mol. The molecule has 0 fully saturated rings. The summed E-state index contributed by atoms with van der Waals surface area (Å²) in [5, 5.41) is 0. The second kappa shape index (κ2) is 6.27. The molecule has 3 heterocycles. The molecule has 1 amide bonds. The number of hydrogen-bond donors (Lipinski definition) is 1. The van der Waals surface area contributed by atoms with Crippen molar-refractivity contribution in [3.8, 4) is 0 Å². The summed E-state index contributed by atoms with van der Waals surface area (Å²) in [7, 11) is 1.32. The van der Waals surface area contributed by atoms with Crippen molar-refractivity contribution in [1.29, 1.82) is 0 Å². The quantitative estimate of drug-likeness (QED) is 0.644. The first-order valence-electron chi connectivity index (χ1n) is 8.24. The maximum atomic E-state index is 13.1. The number of rotatable bonds is 1. The molecule has 0 bridgehead atoms. The minimum atomic E-state index is -0.808. The zero-order valence-corrected chi connectivity index (χ0v) is 14.5. The molecule has 1 aromatic carbocycles. The molecule has 0 spiro atoms. The summed E-state index contributed by atoms with van der Waals surface area (Å²) in [6.45, 7) is 0.683. The predicted molar refractivity (Wildman–Crippen MR) is 95.4 cm³/mol. The van der Waals surface area contributed by atoms with E-state index >= 15 is 0 Å². The molecule has 9 nitrogen and oxygen atoms in total.